The molecular formula is C13H21O2Si. The maximum Gasteiger partial charge on any atom is 0.369 e. The maximum absolute atomic E-state index is 6.04. The van der Waals surface area contributed by atoms with Gasteiger partial charge in [0, 0.05) is 12.2 Å². The molecule has 0 heterocycles. The zero-order valence-electron chi connectivity index (χ0n) is 10.8. The molecule has 16 heavy (non-hydrogen) atoms. The van der Waals surface area contributed by atoms with E-state index in [4.69, 9.17) is 8.85 Å². The van der Waals surface area contributed by atoms with Crippen molar-refractivity contribution >= 4 is 13.7 Å². The van der Waals surface area contributed by atoms with Gasteiger partial charge in [-0.05, 0) is 45.5 Å². The van der Waals surface area contributed by atoms with E-state index in [0.717, 1.165) is 5.19 Å². The van der Waals surface area contributed by atoms with Crippen molar-refractivity contribution in [2.75, 3.05) is 0 Å². The molecule has 0 N–H and O–H groups in total. The summed E-state index contributed by atoms with van der Waals surface area (Å²) in [6.07, 6.45) is 0.360. The Kier molecular flexibility index (Phi) is 4.71. The molecular weight excluding hydrogens is 216 g/mol. The summed E-state index contributed by atoms with van der Waals surface area (Å²) in [5.41, 5.74) is 0. The van der Waals surface area contributed by atoms with Gasteiger partial charge in [-0.25, -0.2) is 0 Å². The Hall–Kier alpha value is -0.643. The van der Waals surface area contributed by atoms with Gasteiger partial charge in [-0.1, -0.05) is 24.3 Å². The molecule has 1 rings (SSSR count). The van der Waals surface area contributed by atoms with Crippen LogP contribution in [0.2, 0.25) is 6.55 Å². The van der Waals surface area contributed by atoms with Crippen LogP contribution in [0.3, 0.4) is 0 Å². The lowest BCUT2D eigenvalue weighted by Crippen LogP contribution is -2.53. The maximum atomic E-state index is 6.04. The largest absolute Gasteiger partial charge is 0.389 e. The second-order valence-electron chi connectivity index (χ2n) is 4.57. The summed E-state index contributed by atoms with van der Waals surface area (Å²) < 4.78 is 12.1. The first-order chi connectivity index (χ1) is 7.44. The minimum Gasteiger partial charge on any atom is -0.389 e. The molecule has 0 saturated heterocycles. The van der Waals surface area contributed by atoms with Gasteiger partial charge in [-0.3, -0.25) is 0 Å². The molecule has 0 bridgehead atoms. The van der Waals surface area contributed by atoms with E-state index in [2.05, 4.69) is 12.6 Å². The van der Waals surface area contributed by atoms with E-state index in [1.807, 2.05) is 52.0 Å². The van der Waals surface area contributed by atoms with Gasteiger partial charge in [0.1, 0.15) is 0 Å². The molecule has 1 aromatic carbocycles. The minimum atomic E-state index is -2.27. The molecule has 0 spiro atoms. The lowest BCUT2D eigenvalue weighted by Gasteiger charge is -2.31. The van der Waals surface area contributed by atoms with E-state index in [1.54, 1.807) is 0 Å². The van der Waals surface area contributed by atoms with Gasteiger partial charge < -0.3 is 8.85 Å². The van der Waals surface area contributed by atoms with Gasteiger partial charge in [-0.15, -0.1) is 0 Å². The zero-order chi connectivity index (χ0) is 12.2. The highest BCUT2D eigenvalue weighted by Crippen LogP contribution is 2.13. The summed E-state index contributed by atoms with van der Waals surface area (Å²) in [7, 11) is -2.27. The Morgan fingerprint density at radius 1 is 1.00 bits per heavy atom. The van der Waals surface area contributed by atoms with E-state index in [-0.39, 0.29) is 12.2 Å². The highest BCUT2D eigenvalue weighted by molar-refractivity contribution is 6.80. The highest BCUT2D eigenvalue weighted by Gasteiger charge is 2.36. The van der Waals surface area contributed by atoms with Crippen LogP contribution < -0.4 is 5.19 Å². The van der Waals surface area contributed by atoms with Gasteiger partial charge in [0.05, 0.1) is 0 Å². The first kappa shape index (κ1) is 13.4. The second-order valence-corrected chi connectivity index (χ2v) is 7.51. The fourth-order valence-electron chi connectivity index (χ4n) is 1.75. The van der Waals surface area contributed by atoms with Crippen LogP contribution in [0.1, 0.15) is 27.7 Å². The molecule has 1 aromatic rings. The third kappa shape index (κ3) is 3.74. The molecule has 0 saturated carbocycles. The van der Waals surface area contributed by atoms with Crippen molar-refractivity contribution in [2.45, 2.75) is 46.4 Å². The summed E-state index contributed by atoms with van der Waals surface area (Å²) >= 11 is 0. The number of hydrogen-bond donors (Lipinski definition) is 0. The quantitative estimate of drug-likeness (QED) is 0.733. The fourth-order valence-corrected chi connectivity index (χ4v) is 4.65. The smallest absolute Gasteiger partial charge is 0.369 e. The monoisotopic (exact) mass is 237 g/mol. The van der Waals surface area contributed by atoms with E-state index in [9.17, 15) is 0 Å². The van der Waals surface area contributed by atoms with Crippen LogP contribution in [0.4, 0.5) is 0 Å². The average Bonchev–Trinajstić information content (AvgIpc) is 2.16. The number of benzene rings is 1. The molecule has 0 aliphatic carbocycles. The Bertz CT molecular complexity index is 299. The number of rotatable bonds is 5. The standard InChI is InChI=1S/C13H21O2Si/c1-11(2)14-16(5,15-12(3)4)13-9-7-6-8-10-13/h7-12H,1-5H3. The van der Waals surface area contributed by atoms with Crippen molar-refractivity contribution in [1.82, 2.24) is 0 Å². The van der Waals surface area contributed by atoms with Crippen molar-refractivity contribution in [3.63, 3.8) is 0 Å². The van der Waals surface area contributed by atoms with Crippen molar-refractivity contribution in [3.8, 4) is 0 Å². The topological polar surface area (TPSA) is 18.5 Å². The molecule has 0 amide bonds. The van der Waals surface area contributed by atoms with Crippen molar-refractivity contribution < 1.29 is 8.85 Å². The third-order valence-corrected chi connectivity index (χ3v) is 5.39. The van der Waals surface area contributed by atoms with Crippen molar-refractivity contribution in [3.05, 3.63) is 30.3 Å². The number of hydrogen-bond acceptors (Lipinski definition) is 2. The minimum absolute atomic E-state index is 0.180. The Balaban J connectivity index is 2.95. The predicted octanol–water partition coefficient (Wildman–Crippen LogP) is 2.62. The molecule has 3 heteroatoms. The second kappa shape index (κ2) is 5.62. The van der Waals surface area contributed by atoms with Gasteiger partial charge >= 0.3 is 8.56 Å². The van der Waals surface area contributed by atoms with Crippen LogP contribution in [-0.4, -0.2) is 20.8 Å². The first-order valence-electron chi connectivity index (χ1n) is 5.76. The molecule has 0 aliphatic rings. The lowest BCUT2D eigenvalue weighted by atomic mass is 10.4. The van der Waals surface area contributed by atoms with Crippen LogP contribution in [-0.2, 0) is 8.85 Å². The molecule has 0 atom stereocenters. The van der Waals surface area contributed by atoms with E-state index in [1.165, 1.54) is 0 Å². The van der Waals surface area contributed by atoms with Gasteiger partial charge in [0.15, 0.2) is 0 Å². The third-order valence-electron chi connectivity index (χ3n) is 2.16. The van der Waals surface area contributed by atoms with E-state index >= 15 is 0 Å². The summed E-state index contributed by atoms with van der Waals surface area (Å²) in [5.74, 6) is 0. The first-order valence-corrected chi connectivity index (χ1v) is 8.08. The predicted molar refractivity (Wildman–Crippen MR) is 69.0 cm³/mol. The van der Waals surface area contributed by atoms with Gasteiger partial charge in [-0.2, -0.15) is 0 Å². The van der Waals surface area contributed by atoms with Crippen LogP contribution in [0.5, 0.6) is 0 Å². The zero-order valence-corrected chi connectivity index (χ0v) is 11.8. The van der Waals surface area contributed by atoms with Gasteiger partial charge in [0.25, 0.3) is 0 Å². The fraction of sp³-hybridized carbons (Fsp3) is 0.538. The van der Waals surface area contributed by atoms with Crippen molar-refractivity contribution in [2.24, 2.45) is 0 Å². The highest BCUT2D eigenvalue weighted by atomic mass is 28.4. The molecule has 89 valence electrons. The SMILES string of the molecule is CC(C)O[Si](C)(OC(C)C)c1cc[c]cc1. The van der Waals surface area contributed by atoms with Crippen LogP contribution >= 0.6 is 0 Å². The molecule has 0 unspecified atom stereocenters. The summed E-state index contributed by atoms with van der Waals surface area (Å²) in [6, 6.07) is 10.9. The summed E-state index contributed by atoms with van der Waals surface area (Å²) in [4.78, 5) is 0. The Labute approximate surface area is 99.8 Å². The van der Waals surface area contributed by atoms with Crippen LogP contribution in [0.15, 0.2) is 24.3 Å². The van der Waals surface area contributed by atoms with E-state index < -0.39 is 8.56 Å². The van der Waals surface area contributed by atoms with E-state index in [0.29, 0.717) is 0 Å². The Morgan fingerprint density at radius 2 is 1.44 bits per heavy atom. The molecule has 0 aliphatic heterocycles. The molecule has 1 radical (unpaired) electrons. The van der Waals surface area contributed by atoms with Crippen molar-refractivity contribution in [1.29, 1.82) is 0 Å². The van der Waals surface area contributed by atoms with Crippen LogP contribution in [0, 0.1) is 6.07 Å². The average molecular weight is 237 g/mol. The lowest BCUT2D eigenvalue weighted by molar-refractivity contribution is 0.120. The molecule has 2 nitrogen and oxygen atoms in total. The summed E-state index contributed by atoms with van der Waals surface area (Å²) in [6.45, 7) is 10.3. The molecule has 0 aromatic heterocycles. The molecule has 0 fully saturated rings. The van der Waals surface area contributed by atoms with Crippen LogP contribution in [0.25, 0.3) is 0 Å². The normalized spacial score (nSPS) is 12.4. The van der Waals surface area contributed by atoms with Gasteiger partial charge in [0.2, 0.25) is 0 Å². The summed E-state index contributed by atoms with van der Waals surface area (Å²) in [5, 5.41) is 1.16. The Morgan fingerprint density at radius 3 is 1.81 bits per heavy atom.